The van der Waals surface area contributed by atoms with Crippen molar-refractivity contribution >= 4 is 17.8 Å². The van der Waals surface area contributed by atoms with Crippen molar-refractivity contribution in [3.05, 3.63) is 59.7 Å². The Morgan fingerprint density at radius 2 is 1.68 bits per heavy atom. The van der Waals surface area contributed by atoms with Crippen molar-refractivity contribution in [1.82, 2.24) is 4.90 Å². The molecule has 2 aromatic carbocycles. The molecule has 31 heavy (non-hydrogen) atoms. The SMILES string of the molecule is [2H]C[C@@H]1C[C@@H](OC(=O)CCC(C)=O)CN1C(=O)OCC1c2ccccc2-c2ccccc21. The first kappa shape index (κ1) is 19.8. The summed E-state index contributed by atoms with van der Waals surface area (Å²) in [7, 11) is 0. The Labute approximate surface area is 183 Å². The number of rotatable bonds is 6. The molecule has 1 heterocycles. The van der Waals surface area contributed by atoms with E-state index in [1.165, 1.54) is 11.8 Å². The highest BCUT2D eigenvalue weighted by Gasteiger charge is 2.36. The van der Waals surface area contributed by atoms with Gasteiger partial charge in [-0.2, -0.15) is 0 Å². The second kappa shape index (κ2) is 8.92. The number of likely N-dealkylation sites (tertiary alicyclic amines) is 1. The fourth-order valence-corrected chi connectivity index (χ4v) is 4.38. The van der Waals surface area contributed by atoms with E-state index < -0.39 is 18.2 Å². The minimum absolute atomic E-state index is 0.00565. The van der Waals surface area contributed by atoms with Crippen molar-refractivity contribution < 1.29 is 25.2 Å². The zero-order valence-corrected chi connectivity index (χ0v) is 17.6. The number of ketones is 1. The van der Waals surface area contributed by atoms with Gasteiger partial charge < -0.3 is 19.2 Å². The predicted molar refractivity (Wildman–Crippen MR) is 116 cm³/mol. The molecule has 2 atom stereocenters. The molecule has 6 nitrogen and oxygen atoms in total. The number of amides is 1. The van der Waals surface area contributed by atoms with Crippen molar-refractivity contribution in [2.45, 2.75) is 51.1 Å². The van der Waals surface area contributed by atoms with Crippen LogP contribution in [-0.2, 0) is 19.1 Å². The molecule has 0 saturated carbocycles. The van der Waals surface area contributed by atoms with Gasteiger partial charge in [-0.3, -0.25) is 4.79 Å². The summed E-state index contributed by atoms with van der Waals surface area (Å²) in [5.74, 6) is -0.565. The molecule has 4 rings (SSSR count). The number of carbonyl (C=O) groups excluding carboxylic acids is 3. The van der Waals surface area contributed by atoms with Gasteiger partial charge in [0, 0.05) is 26.2 Å². The number of benzene rings is 2. The number of hydrogen-bond acceptors (Lipinski definition) is 5. The molecule has 0 aromatic heterocycles. The van der Waals surface area contributed by atoms with E-state index in [1.54, 1.807) is 0 Å². The Bertz CT molecular complexity index is 977. The first-order chi connectivity index (χ1) is 15.5. The number of nitrogens with zero attached hydrogens (tertiary/aromatic N) is 1. The average Bonchev–Trinajstić information content (AvgIpc) is 3.35. The van der Waals surface area contributed by atoms with Crippen LogP contribution in [0.1, 0.15) is 51.5 Å². The van der Waals surface area contributed by atoms with E-state index in [9.17, 15) is 14.4 Å². The third kappa shape index (κ3) is 4.48. The average molecular weight is 422 g/mol. The first-order valence-corrected chi connectivity index (χ1v) is 10.6. The van der Waals surface area contributed by atoms with E-state index >= 15 is 0 Å². The molecule has 1 amide bonds. The second-order valence-electron chi connectivity index (χ2n) is 8.16. The zero-order chi connectivity index (χ0) is 22.7. The fourth-order valence-electron chi connectivity index (χ4n) is 4.38. The van der Waals surface area contributed by atoms with Gasteiger partial charge in [-0.1, -0.05) is 48.5 Å². The molecule has 1 aliphatic carbocycles. The highest BCUT2D eigenvalue weighted by Crippen LogP contribution is 2.44. The van der Waals surface area contributed by atoms with Gasteiger partial charge >= 0.3 is 12.1 Å². The highest BCUT2D eigenvalue weighted by molar-refractivity contribution is 5.81. The lowest BCUT2D eigenvalue weighted by Gasteiger charge is -2.22. The number of Topliss-reactive ketones (excluding diaryl/α,β-unsaturated/α-hetero) is 1. The van der Waals surface area contributed by atoms with E-state index in [-0.39, 0.29) is 50.6 Å². The Morgan fingerprint density at radius 1 is 1.03 bits per heavy atom. The summed E-state index contributed by atoms with van der Waals surface area (Å²) in [5, 5.41) is 0. The van der Waals surface area contributed by atoms with Crippen LogP contribution in [0.2, 0.25) is 0 Å². The number of esters is 1. The molecule has 162 valence electrons. The van der Waals surface area contributed by atoms with E-state index in [2.05, 4.69) is 24.3 Å². The van der Waals surface area contributed by atoms with Crippen LogP contribution in [-0.4, -0.2) is 48.0 Å². The molecule has 2 aliphatic rings. The zero-order valence-electron chi connectivity index (χ0n) is 18.6. The Kier molecular flexibility index (Phi) is 5.69. The number of carbonyl (C=O) groups is 3. The van der Waals surface area contributed by atoms with E-state index in [4.69, 9.17) is 10.8 Å². The summed E-state index contributed by atoms with van der Waals surface area (Å²) in [6.45, 7) is 1.84. The van der Waals surface area contributed by atoms with Gasteiger partial charge in [-0.25, -0.2) is 4.79 Å². The molecule has 1 aliphatic heterocycles. The first-order valence-electron chi connectivity index (χ1n) is 11.3. The maximum absolute atomic E-state index is 12.9. The van der Waals surface area contributed by atoms with Crippen molar-refractivity contribution in [3.63, 3.8) is 0 Å². The molecule has 1 saturated heterocycles. The van der Waals surface area contributed by atoms with Crippen molar-refractivity contribution in [3.8, 4) is 11.1 Å². The van der Waals surface area contributed by atoms with Gasteiger partial charge in [0.15, 0.2) is 0 Å². The maximum atomic E-state index is 12.9. The Balaban J connectivity index is 1.39. The summed E-state index contributed by atoms with van der Waals surface area (Å²) in [4.78, 5) is 37.4. The van der Waals surface area contributed by atoms with Crippen LogP contribution >= 0.6 is 0 Å². The lowest BCUT2D eigenvalue weighted by Crippen LogP contribution is -2.36. The molecule has 1 fully saturated rings. The van der Waals surface area contributed by atoms with Crippen LogP contribution in [0.25, 0.3) is 11.1 Å². The lowest BCUT2D eigenvalue weighted by molar-refractivity contribution is -0.149. The minimum atomic E-state index is -0.494. The molecule has 6 heteroatoms. The van der Waals surface area contributed by atoms with Gasteiger partial charge in [-0.05, 0) is 36.1 Å². The molecule has 0 bridgehead atoms. The minimum Gasteiger partial charge on any atom is -0.460 e. The van der Waals surface area contributed by atoms with Gasteiger partial charge in [0.05, 0.1) is 13.0 Å². The molecule has 0 N–H and O–H groups in total. The topological polar surface area (TPSA) is 72.9 Å². The number of hydrogen-bond donors (Lipinski definition) is 0. The van der Waals surface area contributed by atoms with Crippen LogP contribution in [0.15, 0.2) is 48.5 Å². The van der Waals surface area contributed by atoms with Crippen LogP contribution in [0.3, 0.4) is 0 Å². The normalized spacial score (nSPS) is 20.0. The van der Waals surface area contributed by atoms with Crippen LogP contribution < -0.4 is 0 Å². The van der Waals surface area contributed by atoms with Gasteiger partial charge in [-0.15, -0.1) is 0 Å². The summed E-state index contributed by atoms with van der Waals surface area (Å²) in [6.07, 6.45) is -0.401. The van der Waals surface area contributed by atoms with Crippen LogP contribution in [0.4, 0.5) is 4.79 Å². The number of fused-ring (bicyclic) bond motifs is 3. The van der Waals surface area contributed by atoms with Crippen LogP contribution in [0, 0.1) is 0 Å². The summed E-state index contributed by atoms with van der Waals surface area (Å²) >= 11 is 0. The van der Waals surface area contributed by atoms with Crippen molar-refractivity contribution in [2.75, 3.05) is 13.2 Å². The van der Waals surface area contributed by atoms with Crippen LogP contribution in [0.5, 0.6) is 0 Å². The second-order valence-corrected chi connectivity index (χ2v) is 8.16. The fraction of sp³-hybridized carbons (Fsp3) is 0.400. The highest BCUT2D eigenvalue weighted by atomic mass is 16.6. The summed E-state index contributed by atoms with van der Waals surface area (Å²) in [5.41, 5.74) is 4.59. The van der Waals surface area contributed by atoms with E-state index in [0.717, 1.165) is 22.3 Å². The summed E-state index contributed by atoms with van der Waals surface area (Å²) in [6, 6.07) is 15.9. The van der Waals surface area contributed by atoms with Gasteiger partial charge in [0.25, 0.3) is 0 Å². The smallest absolute Gasteiger partial charge is 0.410 e. The third-order valence-electron chi connectivity index (χ3n) is 5.93. The maximum Gasteiger partial charge on any atom is 0.410 e. The lowest BCUT2D eigenvalue weighted by atomic mass is 9.98. The molecular weight excluding hydrogens is 394 g/mol. The van der Waals surface area contributed by atoms with Crippen molar-refractivity contribution in [2.24, 2.45) is 0 Å². The molecule has 2 aromatic rings. The standard InChI is InChI=1S/C25H27NO5/c1-16-13-18(31-24(28)12-11-17(2)27)14-26(16)25(29)30-15-23-21-9-5-3-7-19(21)20-8-4-6-10-22(20)23/h3-10,16,18,23H,11-15H2,1-2H3/t16-,18-/m1/s1/i1D. The quantitative estimate of drug-likeness (QED) is 0.649. The van der Waals surface area contributed by atoms with Gasteiger partial charge in [0.1, 0.15) is 18.5 Å². The molecular formula is C25H27NO5. The Morgan fingerprint density at radius 3 is 2.29 bits per heavy atom. The molecule has 0 radical (unpaired) electrons. The number of ether oxygens (including phenoxy) is 2. The Hall–Kier alpha value is -3.15. The van der Waals surface area contributed by atoms with Crippen molar-refractivity contribution in [1.29, 1.82) is 0 Å². The summed E-state index contributed by atoms with van der Waals surface area (Å²) < 4.78 is 18.9. The molecule has 0 spiro atoms. The monoisotopic (exact) mass is 422 g/mol. The molecule has 0 unspecified atom stereocenters. The van der Waals surface area contributed by atoms with Gasteiger partial charge in [0.2, 0.25) is 0 Å². The predicted octanol–water partition coefficient (Wildman–Crippen LogP) is 4.31. The van der Waals surface area contributed by atoms with E-state index in [1.807, 2.05) is 24.3 Å². The third-order valence-corrected chi connectivity index (χ3v) is 5.93. The largest absolute Gasteiger partial charge is 0.460 e. The van der Waals surface area contributed by atoms with E-state index in [0.29, 0.717) is 6.42 Å².